The highest BCUT2D eigenvalue weighted by Crippen LogP contribution is 2.39. The quantitative estimate of drug-likeness (QED) is 0.681. The zero-order valence-corrected chi connectivity index (χ0v) is 16.8. The Morgan fingerprint density at radius 2 is 2.14 bits per heavy atom. The first kappa shape index (κ1) is 19.4. The number of alkyl carbamates (subject to hydrolysis) is 1. The molecule has 0 spiro atoms. The maximum Gasteiger partial charge on any atom is 0.407 e. The molecule has 0 radical (unpaired) electrons. The van der Waals surface area contributed by atoms with E-state index in [0.717, 1.165) is 24.2 Å². The van der Waals surface area contributed by atoms with Crippen LogP contribution in [0.4, 0.5) is 10.6 Å². The molecule has 10 nitrogen and oxygen atoms in total. The predicted octanol–water partition coefficient (Wildman–Crippen LogP) is 2.24. The van der Waals surface area contributed by atoms with E-state index in [1.54, 1.807) is 17.8 Å². The van der Waals surface area contributed by atoms with E-state index in [1.165, 1.54) is 0 Å². The smallest absolute Gasteiger partial charge is 0.407 e. The summed E-state index contributed by atoms with van der Waals surface area (Å²) in [5.41, 5.74) is 2.19. The molecule has 2 amide bonds. The standard InChI is InChI=1S/C19H26N6O4/c1-10(2)20-19(27)29-12-6-16(28-9-12)14-8-17(23-22-14)21-18(26)15-7-13(11-4-5-11)24-25(15)3/h7-8,10-12,16H,4-6,9H2,1-3H3,(H,20,27)(H2,21,22,23,26)/t12-,16-/m0/s1. The number of nitrogens with one attached hydrogen (secondary N) is 3. The van der Waals surface area contributed by atoms with Crippen molar-refractivity contribution in [1.82, 2.24) is 25.3 Å². The van der Waals surface area contributed by atoms with Gasteiger partial charge in [0.15, 0.2) is 5.82 Å². The van der Waals surface area contributed by atoms with Gasteiger partial charge >= 0.3 is 6.09 Å². The van der Waals surface area contributed by atoms with Crippen LogP contribution in [0.2, 0.25) is 0 Å². The van der Waals surface area contributed by atoms with Crippen molar-refractivity contribution in [2.45, 2.75) is 57.3 Å². The highest BCUT2D eigenvalue weighted by molar-refractivity contribution is 6.02. The van der Waals surface area contributed by atoms with Gasteiger partial charge < -0.3 is 20.1 Å². The largest absolute Gasteiger partial charge is 0.444 e. The van der Waals surface area contributed by atoms with E-state index in [1.807, 2.05) is 19.9 Å². The van der Waals surface area contributed by atoms with Crippen molar-refractivity contribution < 1.29 is 19.1 Å². The molecule has 3 heterocycles. The van der Waals surface area contributed by atoms with Gasteiger partial charge in [-0.25, -0.2) is 4.79 Å². The maximum atomic E-state index is 12.6. The number of aryl methyl sites for hydroxylation is 1. The van der Waals surface area contributed by atoms with Crippen LogP contribution in [0.15, 0.2) is 12.1 Å². The lowest BCUT2D eigenvalue weighted by Gasteiger charge is -2.13. The lowest BCUT2D eigenvalue weighted by Crippen LogP contribution is -2.33. The van der Waals surface area contributed by atoms with Gasteiger partial charge in [-0.05, 0) is 32.8 Å². The monoisotopic (exact) mass is 402 g/mol. The summed E-state index contributed by atoms with van der Waals surface area (Å²) in [4.78, 5) is 24.3. The van der Waals surface area contributed by atoms with Gasteiger partial charge in [0.05, 0.1) is 18.0 Å². The van der Waals surface area contributed by atoms with Crippen LogP contribution in [0.3, 0.4) is 0 Å². The van der Waals surface area contributed by atoms with Gasteiger partial charge in [0.1, 0.15) is 17.9 Å². The van der Waals surface area contributed by atoms with E-state index >= 15 is 0 Å². The first-order chi connectivity index (χ1) is 13.9. The molecular formula is C19H26N6O4. The summed E-state index contributed by atoms with van der Waals surface area (Å²) in [7, 11) is 1.76. The number of amides is 2. The molecule has 1 saturated heterocycles. The number of carbonyl (C=O) groups is 2. The molecule has 2 atom stereocenters. The molecule has 2 aliphatic rings. The van der Waals surface area contributed by atoms with Crippen molar-refractivity contribution in [1.29, 1.82) is 0 Å². The number of aromatic nitrogens is 4. The average molecular weight is 402 g/mol. The Hall–Kier alpha value is -2.88. The molecule has 3 N–H and O–H groups in total. The second-order valence-corrected chi connectivity index (χ2v) is 7.90. The summed E-state index contributed by atoms with van der Waals surface area (Å²) in [5, 5.41) is 16.9. The molecular weight excluding hydrogens is 376 g/mol. The molecule has 29 heavy (non-hydrogen) atoms. The fourth-order valence-electron chi connectivity index (χ4n) is 3.34. The van der Waals surface area contributed by atoms with Crippen LogP contribution >= 0.6 is 0 Å². The van der Waals surface area contributed by atoms with Gasteiger partial charge in [-0.1, -0.05) is 0 Å². The van der Waals surface area contributed by atoms with E-state index in [2.05, 4.69) is 25.9 Å². The third-order valence-corrected chi connectivity index (χ3v) is 4.95. The Bertz CT molecular complexity index is 900. The third kappa shape index (κ3) is 4.58. The summed E-state index contributed by atoms with van der Waals surface area (Å²) in [6.45, 7) is 4.05. The summed E-state index contributed by atoms with van der Waals surface area (Å²) < 4.78 is 12.7. The Labute approximate surface area is 168 Å². The van der Waals surface area contributed by atoms with Crippen LogP contribution in [0.25, 0.3) is 0 Å². The van der Waals surface area contributed by atoms with Gasteiger partial charge in [-0.2, -0.15) is 10.2 Å². The molecule has 156 valence electrons. The van der Waals surface area contributed by atoms with Crippen molar-refractivity contribution in [3.8, 4) is 0 Å². The molecule has 0 aromatic carbocycles. The van der Waals surface area contributed by atoms with Crippen molar-refractivity contribution >= 4 is 17.8 Å². The predicted molar refractivity (Wildman–Crippen MR) is 104 cm³/mol. The Kier molecular flexibility index (Phi) is 5.27. The van der Waals surface area contributed by atoms with Crippen LogP contribution in [-0.2, 0) is 16.5 Å². The number of H-pyrrole nitrogens is 1. The number of aromatic amines is 1. The van der Waals surface area contributed by atoms with Crippen molar-refractivity contribution in [2.75, 3.05) is 11.9 Å². The molecule has 1 aliphatic carbocycles. The highest BCUT2D eigenvalue weighted by Gasteiger charge is 2.31. The van der Waals surface area contributed by atoms with E-state index in [9.17, 15) is 9.59 Å². The molecule has 1 aliphatic heterocycles. The number of anilines is 1. The molecule has 4 rings (SSSR count). The van der Waals surface area contributed by atoms with E-state index in [4.69, 9.17) is 9.47 Å². The van der Waals surface area contributed by atoms with E-state index < -0.39 is 6.09 Å². The van der Waals surface area contributed by atoms with Gasteiger partial charge in [-0.15, -0.1) is 0 Å². The second kappa shape index (κ2) is 7.86. The summed E-state index contributed by atoms with van der Waals surface area (Å²) in [5.74, 6) is 0.630. The number of ether oxygens (including phenoxy) is 2. The minimum atomic E-state index is -0.450. The maximum absolute atomic E-state index is 12.6. The lowest BCUT2D eigenvalue weighted by atomic mass is 10.1. The first-order valence-corrected chi connectivity index (χ1v) is 9.88. The SMILES string of the molecule is CC(C)NC(=O)O[C@@H]1CO[C@H](c2cc(NC(=O)c3cc(C4CC4)nn3C)n[nH]2)C1. The molecule has 10 heteroatoms. The Balaban J connectivity index is 1.33. The lowest BCUT2D eigenvalue weighted by molar-refractivity contribution is 0.0682. The number of hydrogen-bond acceptors (Lipinski definition) is 6. The number of rotatable bonds is 6. The number of nitrogens with zero attached hydrogens (tertiary/aromatic N) is 3. The van der Waals surface area contributed by atoms with Gasteiger partial charge in [0.25, 0.3) is 5.91 Å². The van der Waals surface area contributed by atoms with Gasteiger partial charge in [0, 0.05) is 31.5 Å². The Morgan fingerprint density at radius 3 is 2.86 bits per heavy atom. The number of carbonyl (C=O) groups excluding carboxylic acids is 2. The third-order valence-electron chi connectivity index (χ3n) is 4.95. The van der Waals surface area contributed by atoms with Crippen LogP contribution in [0, 0.1) is 0 Å². The highest BCUT2D eigenvalue weighted by atomic mass is 16.6. The van der Waals surface area contributed by atoms with Crippen LogP contribution in [-0.4, -0.2) is 50.7 Å². The van der Waals surface area contributed by atoms with E-state index in [0.29, 0.717) is 30.5 Å². The number of hydrogen-bond donors (Lipinski definition) is 3. The van der Waals surface area contributed by atoms with Crippen LogP contribution in [0.5, 0.6) is 0 Å². The summed E-state index contributed by atoms with van der Waals surface area (Å²) >= 11 is 0. The van der Waals surface area contributed by atoms with Crippen LogP contribution < -0.4 is 10.6 Å². The molecule has 2 aromatic rings. The molecule has 1 saturated carbocycles. The molecule has 2 fully saturated rings. The van der Waals surface area contributed by atoms with Crippen molar-refractivity contribution in [3.05, 3.63) is 29.2 Å². The topological polar surface area (TPSA) is 123 Å². The molecule has 0 unspecified atom stereocenters. The van der Waals surface area contributed by atoms with Crippen molar-refractivity contribution in [3.63, 3.8) is 0 Å². The van der Waals surface area contributed by atoms with Gasteiger partial charge in [-0.3, -0.25) is 14.6 Å². The minimum Gasteiger partial charge on any atom is -0.444 e. The summed E-state index contributed by atoms with van der Waals surface area (Å²) in [6.07, 6.45) is 1.73. The van der Waals surface area contributed by atoms with Crippen LogP contribution in [0.1, 0.15) is 67.0 Å². The van der Waals surface area contributed by atoms with Gasteiger partial charge in [0.2, 0.25) is 0 Å². The fraction of sp³-hybridized carbons (Fsp3) is 0.579. The molecule has 0 bridgehead atoms. The fourth-order valence-corrected chi connectivity index (χ4v) is 3.34. The summed E-state index contributed by atoms with van der Waals surface area (Å²) in [6, 6.07) is 3.58. The zero-order valence-electron chi connectivity index (χ0n) is 16.8. The molecule has 2 aromatic heterocycles. The van der Waals surface area contributed by atoms with Crippen molar-refractivity contribution in [2.24, 2.45) is 7.05 Å². The minimum absolute atomic E-state index is 0.0131. The Morgan fingerprint density at radius 1 is 1.34 bits per heavy atom. The zero-order chi connectivity index (χ0) is 20.5. The average Bonchev–Trinajstić information content (AvgIpc) is 3.03. The normalized spacial score (nSPS) is 21.4. The second-order valence-electron chi connectivity index (χ2n) is 7.90. The van der Waals surface area contributed by atoms with E-state index in [-0.39, 0.29) is 24.2 Å². The first-order valence-electron chi connectivity index (χ1n) is 9.88.